The molecule has 16 heavy (non-hydrogen) atoms. The summed E-state index contributed by atoms with van der Waals surface area (Å²) in [6.07, 6.45) is 1.67. The normalized spacial score (nSPS) is 17.9. The van der Waals surface area contributed by atoms with Crippen LogP contribution in [0.15, 0.2) is 12.7 Å². The van der Waals surface area contributed by atoms with E-state index in [1.54, 1.807) is 0 Å². The van der Waals surface area contributed by atoms with Crippen molar-refractivity contribution in [1.29, 1.82) is 0 Å². The second kappa shape index (κ2) is 5.33. The first kappa shape index (κ1) is 15.7. The van der Waals surface area contributed by atoms with Gasteiger partial charge in [0.25, 0.3) is 0 Å². The number of carboxylic acids is 1. The van der Waals surface area contributed by atoms with Crippen LogP contribution in [0, 0.1) is 0 Å². The number of hydrogen-bond acceptors (Lipinski definition) is 3. The zero-order valence-corrected chi connectivity index (χ0v) is 10.9. The number of carbonyl (C=O) groups is 1. The lowest BCUT2D eigenvalue weighted by Crippen LogP contribution is -2.55. The fourth-order valence-electron chi connectivity index (χ4n) is 1.15. The third kappa shape index (κ3) is 3.09. The van der Waals surface area contributed by atoms with Gasteiger partial charge in [-0.05, 0) is 20.4 Å². The molecule has 0 saturated carbocycles. The van der Waals surface area contributed by atoms with E-state index < -0.39 is 24.5 Å². The van der Waals surface area contributed by atoms with Gasteiger partial charge in [-0.1, -0.05) is 6.08 Å². The average molecular weight is 269 g/mol. The van der Waals surface area contributed by atoms with Crippen LogP contribution >= 0.6 is 20.4 Å². The standard InChI is InChI=1S/C8H16NO5PS/c1-4-5-6(16)8(2,7(10)11)9(3)15(12,13)14/h4,6,16H,1,5H2,2-3H3,(H,10,11)(H2,12,13,14)/t6?,8-/m0/s1. The maximum atomic E-state index is 11.2. The SMILES string of the molecule is C=CCC(S)[C@@](C)(C(=O)O)N(C)P(=O)(O)O. The minimum absolute atomic E-state index is 0.219. The molecule has 0 aromatic heterocycles. The molecule has 1 unspecified atom stereocenters. The zero-order chi connectivity index (χ0) is 13.1. The van der Waals surface area contributed by atoms with E-state index in [4.69, 9.17) is 14.9 Å². The number of nitrogens with zero attached hydrogens (tertiary/aromatic N) is 1. The van der Waals surface area contributed by atoms with Crippen LogP contribution in [0.25, 0.3) is 0 Å². The minimum Gasteiger partial charge on any atom is -0.480 e. The van der Waals surface area contributed by atoms with Crippen molar-refractivity contribution in [2.45, 2.75) is 24.1 Å². The minimum atomic E-state index is -4.64. The first-order valence-corrected chi connectivity index (χ1v) is 6.48. The van der Waals surface area contributed by atoms with E-state index >= 15 is 0 Å². The fourth-order valence-corrected chi connectivity index (χ4v) is 2.44. The van der Waals surface area contributed by atoms with Gasteiger partial charge in [-0.2, -0.15) is 17.3 Å². The van der Waals surface area contributed by atoms with Crippen molar-refractivity contribution in [3.05, 3.63) is 12.7 Å². The van der Waals surface area contributed by atoms with Crippen molar-refractivity contribution in [2.24, 2.45) is 0 Å². The fraction of sp³-hybridized carbons (Fsp3) is 0.625. The molecule has 0 aromatic carbocycles. The van der Waals surface area contributed by atoms with Crippen LogP contribution in [0.1, 0.15) is 13.3 Å². The first-order chi connectivity index (χ1) is 7.08. The smallest absolute Gasteiger partial charge is 0.403 e. The summed E-state index contributed by atoms with van der Waals surface area (Å²) in [5.41, 5.74) is -1.77. The topological polar surface area (TPSA) is 98.1 Å². The van der Waals surface area contributed by atoms with Gasteiger partial charge in [0.15, 0.2) is 0 Å². The van der Waals surface area contributed by atoms with Gasteiger partial charge in [0.2, 0.25) is 0 Å². The Morgan fingerprint density at radius 1 is 1.69 bits per heavy atom. The van der Waals surface area contributed by atoms with Gasteiger partial charge < -0.3 is 14.9 Å². The molecule has 0 radical (unpaired) electrons. The second-order valence-electron chi connectivity index (χ2n) is 3.53. The summed E-state index contributed by atoms with van der Waals surface area (Å²) in [7, 11) is -3.58. The van der Waals surface area contributed by atoms with E-state index in [1.807, 2.05) is 0 Å². The van der Waals surface area contributed by atoms with Crippen LogP contribution in [0.3, 0.4) is 0 Å². The summed E-state index contributed by atoms with van der Waals surface area (Å²) in [5.74, 6) is -1.35. The third-order valence-electron chi connectivity index (χ3n) is 2.53. The highest BCUT2D eigenvalue weighted by Gasteiger charge is 2.49. The van der Waals surface area contributed by atoms with Crippen molar-refractivity contribution in [3.8, 4) is 0 Å². The molecule has 0 aliphatic heterocycles. The predicted molar refractivity (Wildman–Crippen MR) is 63.4 cm³/mol. The highest BCUT2D eigenvalue weighted by atomic mass is 32.1. The quantitative estimate of drug-likeness (QED) is 0.322. The molecule has 94 valence electrons. The van der Waals surface area contributed by atoms with Crippen LogP contribution in [-0.2, 0) is 9.36 Å². The predicted octanol–water partition coefficient (Wildman–Crippen LogP) is 0.729. The Hall–Kier alpha value is -0.330. The monoisotopic (exact) mass is 269 g/mol. The van der Waals surface area contributed by atoms with E-state index in [1.165, 1.54) is 13.0 Å². The van der Waals surface area contributed by atoms with E-state index in [0.717, 1.165) is 7.05 Å². The van der Waals surface area contributed by atoms with E-state index in [0.29, 0.717) is 4.67 Å². The Morgan fingerprint density at radius 2 is 2.12 bits per heavy atom. The molecule has 0 aromatic rings. The third-order valence-corrected chi connectivity index (χ3v) is 4.45. The van der Waals surface area contributed by atoms with Crippen LogP contribution in [-0.4, -0.2) is 43.4 Å². The highest BCUT2D eigenvalue weighted by molar-refractivity contribution is 7.81. The summed E-state index contributed by atoms with van der Waals surface area (Å²) < 4.78 is 11.6. The van der Waals surface area contributed by atoms with E-state index in [9.17, 15) is 9.36 Å². The molecule has 8 heteroatoms. The summed E-state index contributed by atoms with van der Waals surface area (Å²) >= 11 is 4.06. The molecule has 0 saturated heterocycles. The molecule has 0 rings (SSSR count). The Labute approximate surface area is 99.6 Å². The molecule has 0 spiro atoms. The largest absolute Gasteiger partial charge is 0.480 e. The lowest BCUT2D eigenvalue weighted by atomic mass is 9.95. The van der Waals surface area contributed by atoms with Crippen molar-refractivity contribution in [2.75, 3.05) is 7.05 Å². The number of rotatable bonds is 6. The first-order valence-electron chi connectivity index (χ1n) is 4.40. The van der Waals surface area contributed by atoms with Crippen LogP contribution in [0.2, 0.25) is 0 Å². The lowest BCUT2D eigenvalue weighted by Gasteiger charge is -2.38. The van der Waals surface area contributed by atoms with Crippen LogP contribution in [0.4, 0.5) is 0 Å². The highest BCUT2D eigenvalue weighted by Crippen LogP contribution is 2.46. The molecule has 0 fully saturated rings. The number of carboxylic acid groups (broad SMARTS) is 1. The maximum Gasteiger partial charge on any atom is 0.403 e. The summed E-state index contributed by atoms with van der Waals surface area (Å²) in [6.45, 7) is 4.66. The molecular formula is C8H16NO5PS. The van der Waals surface area contributed by atoms with Gasteiger partial charge in [0, 0.05) is 5.25 Å². The average Bonchev–Trinajstić information content (AvgIpc) is 2.13. The number of likely N-dealkylation sites (N-methyl/N-ethyl adjacent to an activating group) is 1. The molecule has 0 heterocycles. The van der Waals surface area contributed by atoms with Crippen molar-refractivity contribution in [3.63, 3.8) is 0 Å². The maximum absolute atomic E-state index is 11.2. The van der Waals surface area contributed by atoms with Crippen LogP contribution < -0.4 is 0 Å². The van der Waals surface area contributed by atoms with E-state index in [2.05, 4.69) is 19.2 Å². The van der Waals surface area contributed by atoms with Crippen molar-refractivity contribution < 1.29 is 24.3 Å². The number of hydrogen-bond donors (Lipinski definition) is 4. The molecular weight excluding hydrogens is 253 g/mol. The number of allylic oxidation sites excluding steroid dienone is 1. The van der Waals surface area contributed by atoms with Gasteiger partial charge >= 0.3 is 13.7 Å². The van der Waals surface area contributed by atoms with Gasteiger partial charge in [0.05, 0.1) is 0 Å². The van der Waals surface area contributed by atoms with Crippen molar-refractivity contribution in [1.82, 2.24) is 4.67 Å². The second-order valence-corrected chi connectivity index (χ2v) is 5.78. The molecule has 0 aliphatic carbocycles. The Balaban J connectivity index is 5.35. The molecule has 2 atom stereocenters. The lowest BCUT2D eigenvalue weighted by molar-refractivity contribution is -0.147. The Bertz CT molecular complexity index is 330. The van der Waals surface area contributed by atoms with Gasteiger partial charge in [-0.25, -0.2) is 4.57 Å². The van der Waals surface area contributed by atoms with Gasteiger partial charge in [-0.3, -0.25) is 4.79 Å². The van der Waals surface area contributed by atoms with E-state index in [-0.39, 0.29) is 6.42 Å². The molecule has 0 aliphatic rings. The number of aliphatic carboxylic acids is 1. The summed E-state index contributed by atoms with van der Waals surface area (Å²) in [4.78, 5) is 29.2. The zero-order valence-electron chi connectivity index (χ0n) is 9.07. The Kier molecular flexibility index (Phi) is 5.22. The molecule has 3 N–H and O–H groups in total. The molecule has 0 bridgehead atoms. The summed E-state index contributed by atoms with van der Waals surface area (Å²) in [6, 6.07) is 0. The molecule has 6 nitrogen and oxygen atoms in total. The summed E-state index contributed by atoms with van der Waals surface area (Å²) in [5, 5.41) is 8.32. The number of thiol groups is 1. The molecule has 0 amide bonds. The van der Waals surface area contributed by atoms with Gasteiger partial charge in [0.1, 0.15) is 5.54 Å². The van der Waals surface area contributed by atoms with Crippen LogP contribution in [0.5, 0.6) is 0 Å². The van der Waals surface area contributed by atoms with Crippen molar-refractivity contribution >= 4 is 26.3 Å². The Morgan fingerprint density at radius 3 is 2.38 bits per heavy atom. The van der Waals surface area contributed by atoms with Gasteiger partial charge in [-0.15, -0.1) is 6.58 Å².